The molecule has 0 saturated heterocycles. The van der Waals surface area contributed by atoms with Crippen molar-refractivity contribution in [2.45, 2.75) is 25.3 Å². The molecule has 3 N–H and O–H groups in total. The molecule has 2 aromatic rings. The number of nitrogens with zero attached hydrogens (tertiary/aromatic N) is 2. The Balaban J connectivity index is 0.00000225. The van der Waals surface area contributed by atoms with Crippen LogP contribution >= 0.6 is 24.0 Å². The molecule has 1 aliphatic rings. The summed E-state index contributed by atoms with van der Waals surface area (Å²) in [5.74, 6) is 0.468. The van der Waals surface area contributed by atoms with Crippen molar-refractivity contribution in [2.24, 2.45) is 10.7 Å². The van der Waals surface area contributed by atoms with E-state index in [0.29, 0.717) is 12.5 Å². The van der Waals surface area contributed by atoms with Crippen LogP contribution in [0.1, 0.15) is 29.2 Å². The number of hydrogen-bond acceptors (Lipinski definition) is 2. The van der Waals surface area contributed by atoms with Gasteiger partial charge in [-0.25, -0.2) is 0 Å². The Morgan fingerprint density at radius 1 is 1.12 bits per heavy atom. The van der Waals surface area contributed by atoms with Crippen LogP contribution in [0, 0.1) is 0 Å². The normalized spacial score (nSPS) is 14.8. The summed E-state index contributed by atoms with van der Waals surface area (Å²) < 4.78 is 0. The highest BCUT2D eigenvalue weighted by molar-refractivity contribution is 14.0. The van der Waals surface area contributed by atoms with E-state index < -0.39 is 0 Å². The summed E-state index contributed by atoms with van der Waals surface area (Å²) in [7, 11) is 4.13. The van der Waals surface area contributed by atoms with E-state index >= 15 is 0 Å². The van der Waals surface area contributed by atoms with Crippen molar-refractivity contribution in [1.29, 1.82) is 0 Å². The zero-order chi connectivity index (χ0) is 16.9. The van der Waals surface area contributed by atoms with E-state index in [4.69, 9.17) is 5.73 Å². The van der Waals surface area contributed by atoms with Gasteiger partial charge in [0, 0.05) is 5.69 Å². The lowest BCUT2D eigenvalue weighted by atomic mass is 10.1. The van der Waals surface area contributed by atoms with Gasteiger partial charge in [0.05, 0.1) is 12.6 Å². The highest BCUT2D eigenvalue weighted by atomic mass is 127. The lowest BCUT2D eigenvalue weighted by molar-refractivity contribution is 0.306. The monoisotopic (exact) mass is 450 g/mol. The van der Waals surface area contributed by atoms with Crippen molar-refractivity contribution in [3.05, 3.63) is 65.2 Å². The topological polar surface area (TPSA) is 53.6 Å². The number of nitrogens with two attached hydrogens (primary N) is 1. The van der Waals surface area contributed by atoms with E-state index in [1.807, 2.05) is 6.07 Å². The van der Waals surface area contributed by atoms with E-state index in [9.17, 15) is 0 Å². The van der Waals surface area contributed by atoms with E-state index in [1.54, 1.807) is 0 Å². The lowest BCUT2D eigenvalue weighted by Crippen LogP contribution is -2.27. The Morgan fingerprint density at radius 3 is 2.56 bits per heavy atom. The molecular formula is C20H27IN4. The van der Waals surface area contributed by atoms with Crippen molar-refractivity contribution in [3.63, 3.8) is 0 Å². The maximum absolute atomic E-state index is 6.10. The quantitative estimate of drug-likeness (QED) is 0.414. The standard InChI is InChI=1S/C20H26N4.HI/c1-24(2)19(16-7-4-3-5-8-16)14-22-20(21)23-18-12-11-15-9-6-10-17(15)13-18;/h3-5,7-8,11-13,19H,6,9-10,14H2,1-2H3,(H3,21,22,23);1H. The number of anilines is 1. The van der Waals surface area contributed by atoms with Crippen LogP contribution in [-0.2, 0) is 12.8 Å². The van der Waals surface area contributed by atoms with Gasteiger partial charge in [-0.15, -0.1) is 24.0 Å². The fraction of sp³-hybridized carbons (Fsp3) is 0.350. The molecule has 1 atom stereocenters. The van der Waals surface area contributed by atoms with Gasteiger partial charge in [-0.05, 0) is 62.2 Å². The molecule has 2 aromatic carbocycles. The first-order valence-corrected chi connectivity index (χ1v) is 8.53. The Hall–Kier alpha value is -1.60. The number of hydrogen-bond donors (Lipinski definition) is 2. The Morgan fingerprint density at radius 2 is 1.84 bits per heavy atom. The van der Waals surface area contributed by atoms with E-state index in [-0.39, 0.29) is 30.0 Å². The van der Waals surface area contributed by atoms with Crippen molar-refractivity contribution in [3.8, 4) is 0 Å². The molecule has 0 amide bonds. The largest absolute Gasteiger partial charge is 0.370 e. The SMILES string of the molecule is CN(C)C(CN=C(N)Nc1ccc2c(c1)CCC2)c1ccccc1.I. The number of aliphatic imine (C=N–C) groups is 1. The van der Waals surface area contributed by atoms with Crippen LogP contribution < -0.4 is 11.1 Å². The smallest absolute Gasteiger partial charge is 0.193 e. The van der Waals surface area contributed by atoms with Crippen molar-refractivity contribution in [1.82, 2.24) is 4.90 Å². The first-order valence-electron chi connectivity index (χ1n) is 8.53. The molecule has 0 fully saturated rings. The van der Waals surface area contributed by atoms with Gasteiger partial charge in [-0.1, -0.05) is 36.4 Å². The first-order chi connectivity index (χ1) is 11.6. The summed E-state index contributed by atoms with van der Waals surface area (Å²) in [6.07, 6.45) is 3.61. The van der Waals surface area contributed by atoms with Crippen molar-refractivity contribution in [2.75, 3.05) is 26.0 Å². The molecule has 134 valence electrons. The molecule has 0 aromatic heterocycles. The van der Waals surface area contributed by atoms with Crippen LogP contribution in [0.25, 0.3) is 0 Å². The molecule has 25 heavy (non-hydrogen) atoms. The number of nitrogens with one attached hydrogen (secondary N) is 1. The van der Waals surface area contributed by atoms with Gasteiger partial charge >= 0.3 is 0 Å². The average molecular weight is 450 g/mol. The van der Waals surface area contributed by atoms with Gasteiger partial charge in [0.25, 0.3) is 0 Å². The van der Waals surface area contributed by atoms with Crippen LogP contribution in [-0.4, -0.2) is 31.5 Å². The third kappa shape index (κ3) is 5.19. The number of rotatable bonds is 5. The van der Waals surface area contributed by atoms with Crippen LogP contribution in [0.2, 0.25) is 0 Å². The van der Waals surface area contributed by atoms with Gasteiger partial charge in [0.1, 0.15) is 0 Å². The number of likely N-dealkylation sites (N-methyl/N-ethyl adjacent to an activating group) is 1. The Kier molecular flexibility index (Phi) is 7.25. The molecule has 5 heteroatoms. The van der Waals surface area contributed by atoms with Gasteiger partial charge in [0.2, 0.25) is 0 Å². The summed E-state index contributed by atoms with van der Waals surface area (Å²) in [6.45, 7) is 0.626. The number of fused-ring (bicyclic) bond motifs is 1. The molecule has 0 bridgehead atoms. The second-order valence-electron chi connectivity index (χ2n) is 6.58. The fourth-order valence-corrected chi connectivity index (χ4v) is 3.26. The number of benzene rings is 2. The molecule has 0 spiro atoms. The summed E-state index contributed by atoms with van der Waals surface area (Å²) in [6, 6.07) is 17.1. The van der Waals surface area contributed by atoms with Crippen molar-refractivity contribution >= 4 is 35.6 Å². The first kappa shape index (κ1) is 19.7. The van der Waals surface area contributed by atoms with E-state index in [0.717, 1.165) is 5.69 Å². The third-order valence-electron chi connectivity index (χ3n) is 4.61. The minimum Gasteiger partial charge on any atom is -0.370 e. The van der Waals surface area contributed by atoms with Crippen LogP contribution in [0.15, 0.2) is 53.5 Å². The second kappa shape index (κ2) is 9.20. The minimum absolute atomic E-state index is 0. The molecule has 0 radical (unpaired) electrons. The second-order valence-corrected chi connectivity index (χ2v) is 6.58. The summed E-state index contributed by atoms with van der Waals surface area (Å²) in [5, 5.41) is 3.23. The van der Waals surface area contributed by atoms with Gasteiger partial charge < -0.3 is 16.0 Å². The number of aryl methyl sites for hydroxylation is 2. The highest BCUT2D eigenvalue weighted by Crippen LogP contribution is 2.25. The molecule has 0 heterocycles. The lowest BCUT2D eigenvalue weighted by Gasteiger charge is -2.23. The number of guanidine groups is 1. The maximum atomic E-state index is 6.10. The molecule has 3 rings (SSSR count). The van der Waals surface area contributed by atoms with Gasteiger partial charge in [-0.2, -0.15) is 0 Å². The van der Waals surface area contributed by atoms with Crippen LogP contribution in [0.5, 0.6) is 0 Å². The van der Waals surface area contributed by atoms with E-state index in [2.05, 4.69) is 71.8 Å². The summed E-state index contributed by atoms with van der Waals surface area (Å²) in [5.41, 5.74) is 11.3. The predicted octanol–water partition coefficient (Wildman–Crippen LogP) is 3.82. The van der Waals surface area contributed by atoms with Crippen LogP contribution in [0.4, 0.5) is 5.69 Å². The Labute approximate surface area is 167 Å². The van der Waals surface area contributed by atoms with Crippen LogP contribution in [0.3, 0.4) is 0 Å². The number of halogens is 1. The molecular weight excluding hydrogens is 423 g/mol. The molecule has 4 nitrogen and oxygen atoms in total. The summed E-state index contributed by atoms with van der Waals surface area (Å²) in [4.78, 5) is 6.72. The summed E-state index contributed by atoms with van der Waals surface area (Å²) >= 11 is 0. The molecule has 0 aliphatic heterocycles. The molecule has 1 unspecified atom stereocenters. The van der Waals surface area contributed by atoms with Gasteiger partial charge in [-0.3, -0.25) is 4.99 Å². The van der Waals surface area contributed by atoms with E-state index in [1.165, 1.54) is 36.0 Å². The minimum atomic E-state index is 0. The molecule has 1 aliphatic carbocycles. The molecule has 0 saturated carbocycles. The highest BCUT2D eigenvalue weighted by Gasteiger charge is 2.14. The zero-order valence-corrected chi connectivity index (χ0v) is 17.2. The van der Waals surface area contributed by atoms with Gasteiger partial charge in [0.15, 0.2) is 5.96 Å². The third-order valence-corrected chi connectivity index (χ3v) is 4.61. The predicted molar refractivity (Wildman–Crippen MR) is 117 cm³/mol. The maximum Gasteiger partial charge on any atom is 0.193 e. The fourth-order valence-electron chi connectivity index (χ4n) is 3.26. The Bertz CT molecular complexity index is 713. The van der Waals surface area contributed by atoms with Crippen molar-refractivity contribution < 1.29 is 0 Å². The zero-order valence-electron chi connectivity index (χ0n) is 14.9. The average Bonchev–Trinajstić information content (AvgIpc) is 3.03.